The summed E-state index contributed by atoms with van der Waals surface area (Å²) in [4.78, 5) is 24.9. The Balaban J connectivity index is 2.16. The van der Waals surface area contributed by atoms with Gasteiger partial charge in [-0.2, -0.15) is 0 Å². The van der Waals surface area contributed by atoms with Crippen LogP contribution in [0.4, 0.5) is 5.69 Å². The van der Waals surface area contributed by atoms with Crippen LogP contribution in [0.15, 0.2) is 51.8 Å². The highest BCUT2D eigenvalue weighted by molar-refractivity contribution is 9.10. The van der Waals surface area contributed by atoms with Crippen LogP contribution in [-0.4, -0.2) is 39.5 Å². The van der Waals surface area contributed by atoms with Crippen molar-refractivity contribution in [2.75, 3.05) is 12.4 Å². The fourth-order valence-corrected chi connectivity index (χ4v) is 4.15. The average Bonchev–Trinajstić information content (AvgIpc) is 2.67. The standard InChI is InChI=1S/C20H23BrN2O6S/c1-12(2)23-30(26,27)14-9-10-16(21)15(11-14)20(25)29-13(3)19(24)22-17-7-5-6-8-18(17)28-4/h5-13,23H,1-4H3,(H,22,24)/t13-/m1/s1. The van der Waals surface area contributed by atoms with Crippen molar-refractivity contribution >= 4 is 43.5 Å². The molecule has 0 spiro atoms. The molecule has 0 aromatic heterocycles. The van der Waals surface area contributed by atoms with Gasteiger partial charge in [-0.25, -0.2) is 17.9 Å². The first kappa shape index (κ1) is 23.8. The van der Waals surface area contributed by atoms with Gasteiger partial charge in [-0.05, 0) is 67.0 Å². The molecular weight excluding hydrogens is 476 g/mol. The van der Waals surface area contributed by atoms with Crippen LogP contribution in [0.1, 0.15) is 31.1 Å². The van der Waals surface area contributed by atoms with Crippen LogP contribution in [0.3, 0.4) is 0 Å². The molecule has 2 N–H and O–H groups in total. The number of hydrogen-bond acceptors (Lipinski definition) is 6. The van der Waals surface area contributed by atoms with Gasteiger partial charge in [0.25, 0.3) is 5.91 Å². The van der Waals surface area contributed by atoms with E-state index in [1.807, 2.05) is 0 Å². The molecule has 2 aromatic rings. The zero-order valence-electron chi connectivity index (χ0n) is 16.9. The number of benzene rings is 2. The second kappa shape index (κ2) is 10.1. The van der Waals surface area contributed by atoms with Gasteiger partial charge < -0.3 is 14.8 Å². The third kappa shape index (κ3) is 6.04. The van der Waals surface area contributed by atoms with Crippen molar-refractivity contribution in [3.8, 4) is 5.75 Å². The van der Waals surface area contributed by atoms with E-state index in [0.717, 1.165) is 0 Å². The third-order valence-corrected chi connectivity index (χ3v) is 6.22. The number of amides is 1. The van der Waals surface area contributed by atoms with Gasteiger partial charge in [0.2, 0.25) is 10.0 Å². The lowest BCUT2D eigenvalue weighted by molar-refractivity contribution is -0.123. The van der Waals surface area contributed by atoms with Gasteiger partial charge in [-0.1, -0.05) is 12.1 Å². The van der Waals surface area contributed by atoms with E-state index < -0.39 is 28.0 Å². The molecule has 0 bridgehead atoms. The number of hydrogen-bond donors (Lipinski definition) is 2. The van der Waals surface area contributed by atoms with Crippen molar-refractivity contribution < 1.29 is 27.5 Å². The molecule has 162 valence electrons. The Morgan fingerprint density at radius 1 is 1.07 bits per heavy atom. The van der Waals surface area contributed by atoms with Crippen molar-refractivity contribution in [3.63, 3.8) is 0 Å². The summed E-state index contributed by atoms with van der Waals surface area (Å²) < 4.78 is 37.9. The van der Waals surface area contributed by atoms with E-state index in [9.17, 15) is 18.0 Å². The first-order valence-corrected chi connectivity index (χ1v) is 11.3. The van der Waals surface area contributed by atoms with E-state index in [2.05, 4.69) is 26.0 Å². The molecule has 0 heterocycles. The Kier molecular flexibility index (Phi) is 7.99. The number of carbonyl (C=O) groups is 2. The van der Waals surface area contributed by atoms with Gasteiger partial charge >= 0.3 is 5.97 Å². The highest BCUT2D eigenvalue weighted by Gasteiger charge is 2.24. The number of sulfonamides is 1. The fourth-order valence-electron chi connectivity index (χ4n) is 2.47. The molecule has 1 atom stereocenters. The highest BCUT2D eigenvalue weighted by atomic mass is 79.9. The number of anilines is 1. The molecule has 0 fully saturated rings. The minimum absolute atomic E-state index is 0.0152. The average molecular weight is 499 g/mol. The number of esters is 1. The number of nitrogens with one attached hydrogen (secondary N) is 2. The van der Waals surface area contributed by atoms with Gasteiger partial charge in [0.05, 0.1) is 23.3 Å². The lowest BCUT2D eigenvalue weighted by Gasteiger charge is -2.16. The number of para-hydroxylation sites is 2. The normalized spacial score (nSPS) is 12.3. The maximum Gasteiger partial charge on any atom is 0.340 e. The maximum atomic E-state index is 12.6. The van der Waals surface area contributed by atoms with Crippen molar-refractivity contribution in [1.29, 1.82) is 0 Å². The van der Waals surface area contributed by atoms with Gasteiger partial charge in [0, 0.05) is 10.5 Å². The molecule has 30 heavy (non-hydrogen) atoms. The van der Waals surface area contributed by atoms with E-state index >= 15 is 0 Å². The second-order valence-electron chi connectivity index (χ2n) is 6.65. The molecule has 8 nitrogen and oxygen atoms in total. The summed E-state index contributed by atoms with van der Waals surface area (Å²) in [5.41, 5.74) is 0.417. The third-order valence-electron chi connectivity index (χ3n) is 3.88. The van der Waals surface area contributed by atoms with E-state index in [-0.39, 0.29) is 16.5 Å². The van der Waals surface area contributed by atoms with Crippen LogP contribution < -0.4 is 14.8 Å². The van der Waals surface area contributed by atoms with Crippen molar-refractivity contribution in [2.45, 2.75) is 37.8 Å². The molecule has 0 saturated heterocycles. The molecule has 10 heteroatoms. The summed E-state index contributed by atoms with van der Waals surface area (Å²) in [6, 6.07) is 10.5. The Morgan fingerprint density at radius 3 is 2.37 bits per heavy atom. The van der Waals surface area contributed by atoms with Crippen LogP contribution in [-0.2, 0) is 19.6 Å². The van der Waals surface area contributed by atoms with Crippen molar-refractivity contribution in [2.24, 2.45) is 0 Å². The van der Waals surface area contributed by atoms with Crippen molar-refractivity contribution in [1.82, 2.24) is 4.72 Å². The quantitative estimate of drug-likeness (QED) is 0.540. The Hall–Kier alpha value is -2.43. The van der Waals surface area contributed by atoms with Crippen LogP contribution >= 0.6 is 15.9 Å². The number of carbonyl (C=O) groups excluding carboxylic acids is 2. The number of ether oxygens (including phenoxy) is 2. The van der Waals surface area contributed by atoms with Gasteiger partial charge in [0.15, 0.2) is 6.10 Å². The number of methoxy groups -OCH3 is 1. The minimum Gasteiger partial charge on any atom is -0.495 e. The molecule has 0 aliphatic heterocycles. The fraction of sp³-hybridized carbons (Fsp3) is 0.300. The summed E-state index contributed by atoms with van der Waals surface area (Å²) >= 11 is 3.22. The summed E-state index contributed by atoms with van der Waals surface area (Å²) in [7, 11) is -2.32. The summed E-state index contributed by atoms with van der Waals surface area (Å²) in [6.07, 6.45) is -1.14. The Labute approximate surface area is 184 Å². The van der Waals surface area contributed by atoms with E-state index in [4.69, 9.17) is 9.47 Å². The summed E-state index contributed by atoms with van der Waals surface area (Å²) in [5, 5.41) is 2.63. The van der Waals surface area contributed by atoms with Crippen LogP contribution in [0, 0.1) is 0 Å². The lowest BCUT2D eigenvalue weighted by atomic mass is 10.2. The first-order chi connectivity index (χ1) is 14.0. The molecule has 2 aromatic carbocycles. The van der Waals surface area contributed by atoms with Crippen molar-refractivity contribution in [3.05, 3.63) is 52.5 Å². The lowest BCUT2D eigenvalue weighted by Crippen LogP contribution is -2.31. The molecule has 1 amide bonds. The number of halogens is 1. The number of rotatable bonds is 8. The van der Waals surface area contributed by atoms with Gasteiger partial charge in [-0.15, -0.1) is 0 Å². The van der Waals surface area contributed by atoms with Gasteiger partial charge in [0.1, 0.15) is 5.75 Å². The second-order valence-corrected chi connectivity index (χ2v) is 9.22. The van der Waals surface area contributed by atoms with E-state index in [1.54, 1.807) is 38.1 Å². The van der Waals surface area contributed by atoms with Gasteiger partial charge in [-0.3, -0.25) is 4.79 Å². The predicted molar refractivity (Wildman–Crippen MR) is 116 cm³/mol. The summed E-state index contributed by atoms with van der Waals surface area (Å²) in [5.74, 6) is -0.942. The zero-order valence-corrected chi connectivity index (χ0v) is 19.3. The maximum absolute atomic E-state index is 12.6. The highest BCUT2D eigenvalue weighted by Crippen LogP contribution is 2.25. The molecule has 0 saturated carbocycles. The minimum atomic E-state index is -3.80. The molecule has 0 radical (unpaired) electrons. The van der Waals surface area contributed by atoms with Crippen LogP contribution in [0.2, 0.25) is 0 Å². The van der Waals surface area contributed by atoms with Crippen LogP contribution in [0.5, 0.6) is 5.75 Å². The predicted octanol–water partition coefficient (Wildman–Crippen LogP) is 3.33. The smallest absolute Gasteiger partial charge is 0.340 e. The molecule has 0 aliphatic carbocycles. The Bertz CT molecular complexity index is 1040. The summed E-state index contributed by atoms with van der Waals surface area (Å²) in [6.45, 7) is 4.79. The molecule has 0 aliphatic rings. The molecular formula is C20H23BrN2O6S. The topological polar surface area (TPSA) is 111 Å². The van der Waals surface area contributed by atoms with Crippen LogP contribution in [0.25, 0.3) is 0 Å². The first-order valence-electron chi connectivity index (χ1n) is 9.02. The molecule has 0 unspecified atom stereocenters. The van der Waals surface area contributed by atoms with E-state index in [1.165, 1.54) is 32.2 Å². The zero-order chi connectivity index (χ0) is 22.5. The Morgan fingerprint density at radius 2 is 1.73 bits per heavy atom. The monoisotopic (exact) mass is 498 g/mol. The van der Waals surface area contributed by atoms with E-state index in [0.29, 0.717) is 15.9 Å². The largest absolute Gasteiger partial charge is 0.495 e. The SMILES string of the molecule is COc1ccccc1NC(=O)[C@@H](C)OC(=O)c1cc(S(=O)(=O)NC(C)C)ccc1Br. The molecule has 2 rings (SSSR count).